The second-order valence-corrected chi connectivity index (χ2v) is 4.47. The highest BCUT2D eigenvalue weighted by Crippen LogP contribution is 2.27. The fraction of sp³-hybridized carbons (Fsp3) is 0.750. The van der Waals surface area contributed by atoms with Gasteiger partial charge in [0.2, 0.25) is 11.1 Å². The van der Waals surface area contributed by atoms with Crippen molar-refractivity contribution in [3.05, 3.63) is 0 Å². The number of anilines is 2. The normalized spacial score (nSPS) is 27.8. The molecule has 0 spiro atoms. The lowest BCUT2D eigenvalue weighted by atomic mass is 10.1. The molecular formula is C8H14N4S. The number of nitrogens with zero attached hydrogens (tertiary/aromatic N) is 2. The van der Waals surface area contributed by atoms with Crippen molar-refractivity contribution in [3.8, 4) is 0 Å². The SMILES string of the molecule is CC1CCC(Nc2nc(N)ns2)C1. The Kier molecular flexibility index (Phi) is 2.35. The Bertz CT molecular complexity index is 285. The quantitative estimate of drug-likeness (QED) is 0.759. The molecule has 1 aliphatic carbocycles. The van der Waals surface area contributed by atoms with Crippen LogP contribution in [0, 0.1) is 5.92 Å². The second kappa shape index (κ2) is 3.49. The molecule has 2 rings (SSSR count). The van der Waals surface area contributed by atoms with Gasteiger partial charge in [-0.15, -0.1) is 0 Å². The zero-order valence-corrected chi connectivity index (χ0v) is 8.47. The van der Waals surface area contributed by atoms with E-state index in [0.29, 0.717) is 12.0 Å². The van der Waals surface area contributed by atoms with Gasteiger partial charge in [0.15, 0.2) is 0 Å². The van der Waals surface area contributed by atoms with Gasteiger partial charge in [0, 0.05) is 17.6 Å². The molecule has 0 aromatic carbocycles. The van der Waals surface area contributed by atoms with Crippen molar-refractivity contribution in [2.45, 2.75) is 32.2 Å². The zero-order valence-electron chi connectivity index (χ0n) is 7.66. The van der Waals surface area contributed by atoms with Gasteiger partial charge >= 0.3 is 0 Å². The molecule has 1 aromatic heterocycles. The molecule has 2 unspecified atom stereocenters. The average Bonchev–Trinajstić information content (AvgIpc) is 2.62. The van der Waals surface area contributed by atoms with E-state index < -0.39 is 0 Å². The van der Waals surface area contributed by atoms with Crippen LogP contribution in [-0.4, -0.2) is 15.4 Å². The Balaban J connectivity index is 1.91. The predicted octanol–water partition coefficient (Wildman–Crippen LogP) is 1.72. The Morgan fingerprint density at radius 2 is 2.38 bits per heavy atom. The molecule has 0 radical (unpaired) electrons. The molecule has 4 nitrogen and oxygen atoms in total. The maximum absolute atomic E-state index is 5.43. The summed E-state index contributed by atoms with van der Waals surface area (Å²) >= 11 is 1.34. The highest BCUT2D eigenvalue weighted by molar-refractivity contribution is 7.09. The molecule has 1 aliphatic rings. The summed E-state index contributed by atoms with van der Waals surface area (Å²) in [6.07, 6.45) is 3.78. The third-order valence-corrected chi connectivity index (χ3v) is 3.12. The highest BCUT2D eigenvalue weighted by atomic mass is 32.1. The first-order valence-electron chi connectivity index (χ1n) is 4.60. The molecule has 1 saturated carbocycles. The molecule has 0 amide bonds. The van der Waals surface area contributed by atoms with Gasteiger partial charge in [0.1, 0.15) is 0 Å². The fourth-order valence-electron chi connectivity index (χ4n) is 1.81. The summed E-state index contributed by atoms with van der Waals surface area (Å²) in [5.74, 6) is 1.21. The van der Waals surface area contributed by atoms with Gasteiger partial charge in [-0.2, -0.15) is 9.36 Å². The first kappa shape index (κ1) is 8.74. The average molecular weight is 198 g/mol. The smallest absolute Gasteiger partial charge is 0.233 e. The Labute approximate surface area is 81.7 Å². The van der Waals surface area contributed by atoms with Crippen LogP contribution < -0.4 is 11.1 Å². The van der Waals surface area contributed by atoms with E-state index in [2.05, 4.69) is 21.6 Å². The van der Waals surface area contributed by atoms with E-state index >= 15 is 0 Å². The second-order valence-electron chi connectivity index (χ2n) is 3.72. The molecule has 2 atom stereocenters. The van der Waals surface area contributed by atoms with Gasteiger partial charge in [-0.1, -0.05) is 6.92 Å². The van der Waals surface area contributed by atoms with Gasteiger partial charge in [0.05, 0.1) is 0 Å². The predicted molar refractivity (Wildman–Crippen MR) is 54.7 cm³/mol. The summed E-state index contributed by atoms with van der Waals surface area (Å²) in [6, 6.07) is 0.572. The largest absolute Gasteiger partial charge is 0.367 e. The number of hydrogen-bond donors (Lipinski definition) is 2. The lowest BCUT2D eigenvalue weighted by Crippen LogP contribution is -2.14. The summed E-state index contributed by atoms with van der Waals surface area (Å²) in [6.45, 7) is 2.29. The number of nitrogen functional groups attached to an aromatic ring is 1. The molecule has 1 aromatic rings. The van der Waals surface area contributed by atoms with Crippen molar-refractivity contribution in [2.24, 2.45) is 5.92 Å². The maximum atomic E-state index is 5.43. The zero-order chi connectivity index (χ0) is 9.26. The van der Waals surface area contributed by atoms with Crippen molar-refractivity contribution in [1.29, 1.82) is 0 Å². The summed E-state index contributed by atoms with van der Waals surface area (Å²) in [4.78, 5) is 4.07. The molecule has 5 heteroatoms. The maximum Gasteiger partial charge on any atom is 0.233 e. The minimum absolute atomic E-state index is 0.374. The Morgan fingerprint density at radius 3 is 2.92 bits per heavy atom. The Hall–Kier alpha value is -0.840. The van der Waals surface area contributed by atoms with Crippen molar-refractivity contribution >= 4 is 22.6 Å². The van der Waals surface area contributed by atoms with E-state index in [1.807, 2.05) is 0 Å². The minimum atomic E-state index is 0.374. The van der Waals surface area contributed by atoms with Crippen LogP contribution in [-0.2, 0) is 0 Å². The molecule has 1 heterocycles. The minimum Gasteiger partial charge on any atom is -0.367 e. The van der Waals surface area contributed by atoms with Crippen LogP contribution >= 0.6 is 11.5 Å². The number of nitrogens with one attached hydrogen (secondary N) is 1. The summed E-state index contributed by atoms with van der Waals surface area (Å²) in [7, 11) is 0. The number of rotatable bonds is 2. The number of hydrogen-bond acceptors (Lipinski definition) is 5. The fourth-order valence-corrected chi connectivity index (χ4v) is 2.38. The van der Waals surface area contributed by atoms with E-state index in [0.717, 1.165) is 11.0 Å². The number of nitrogens with two attached hydrogens (primary N) is 1. The first-order valence-corrected chi connectivity index (χ1v) is 5.37. The van der Waals surface area contributed by atoms with E-state index in [4.69, 9.17) is 5.73 Å². The molecule has 1 fully saturated rings. The van der Waals surface area contributed by atoms with E-state index in [1.54, 1.807) is 0 Å². The molecule has 0 aliphatic heterocycles. The summed E-state index contributed by atoms with van der Waals surface area (Å²) in [5, 5.41) is 4.21. The van der Waals surface area contributed by atoms with Crippen LogP contribution in [0.4, 0.5) is 11.1 Å². The lowest BCUT2D eigenvalue weighted by Gasteiger charge is -2.09. The van der Waals surface area contributed by atoms with E-state index in [9.17, 15) is 0 Å². The monoisotopic (exact) mass is 198 g/mol. The first-order chi connectivity index (χ1) is 6.24. The third kappa shape index (κ3) is 2.09. The third-order valence-electron chi connectivity index (χ3n) is 2.46. The van der Waals surface area contributed by atoms with Crippen LogP contribution in [0.3, 0.4) is 0 Å². The standard InChI is InChI=1S/C8H14N4S/c1-5-2-3-6(4-5)10-8-11-7(9)12-13-8/h5-6H,2-4H2,1H3,(H3,9,10,11,12). The van der Waals surface area contributed by atoms with Gasteiger partial charge < -0.3 is 11.1 Å². The van der Waals surface area contributed by atoms with E-state index in [-0.39, 0.29) is 0 Å². The highest BCUT2D eigenvalue weighted by Gasteiger charge is 2.21. The van der Waals surface area contributed by atoms with Crippen LogP contribution in [0.15, 0.2) is 0 Å². The molecule has 0 saturated heterocycles. The summed E-state index contributed by atoms with van der Waals surface area (Å²) < 4.78 is 3.92. The van der Waals surface area contributed by atoms with Crippen molar-refractivity contribution < 1.29 is 0 Å². The Morgan fingerprint density at radius 1 is 1.54 bits per heavy atom. The molecule has 13 heavy (non-hydrogen) atoms. The van der Waals surface area contributed by atoms with Crippen LogP contribution in [0.2, 0.25) is 0 Å². The van der Waals surface area contributed by atoms with Gasteiger partial charge in [0.25, 0.3) is 0 Å². The molecule has 72 valence electrons. The van der Waals surface area contributed by atoms with Crippen molar-refractivity contribution in [1.82, 2.24) is 9.36 Å². The molecular weight excluding hydrogens is 184 g/mol. The van der Waals surface area contributed by atoms with E-state index in [1.165, 1.54) is 30.8 Å². The number of aromatic nitrogens is 2. The van der Waals surface area contributed by atoms with Gasteiger partial charge in [-0.25, -0.2) is 0 Å². The molecule has 3 N–H and O–H groups in total. The van der Waals surface area contributed by atoms with Crippen LogP contribution in [0.5, 0.6) is 0 Å². The van der Waals surface area contributed by atoms with Crippen molar-refractivity contribution in [2.75, 3.05) is 11.1 Å². The van der Waals surface area contributed by atoms with Crippen LogP contribution in [0.1, 0.15) is 26.2 Å². The van der Waals surface area contributed by atoms with Crippen molar-refractivity contribution in [3.63, 3.8) is 0 Å². The molecule has 0 bridgehead atoms. The lowest BCUT2D eigenvalue weighted by molar-refractivity contribution is 0.602. The summed E-state index contributed by atoms with van der Waals surface area (Å²) in [5.41, 5.74) is 5.43. The van der Waals surface area contributed by atoms with Gasteiger partial charge in [-0.05, 0) is 25.2 Å². The van der Waals surface area contributed by atoms with Crippen LogP contribution in [0.25, 0.3) is 0 Å². The topological polar surface area (TPSA) is 63.8 Å². The van der Waals surface area contributed by atoms with Gasteiger partial charge in [-0.3, -0.25) is 0 Å².